The summed E-state index contributed by atoms with van der Waals surface area (Å²) < 4.78 is 1.21. The number of primary amides is 1. The Hall–Kier alpha value is -2.83. The fourth-order valence-corrected chi connectivity index (χ4v) is 1.82. The average molecular weight is 261 g/mol. The van der Waals surface area contributed by atoms with Gasteiger partial charge in [-0.3, -0.25) is 14.2 Å². The number of hydrogen-bond donors (Lipinski definition) is 3. The Morgan fingerprint density at radius 2 is 1.95 bits per heavy atom. The highest BCUT2D eigenvalue weighted by Gasteiger charge is 2.16. The lowest BCUT2D eigenvalue weighted by molar-refractivity contribution is 0.0913. The number of nitrogens with zero attached hydrogens (tertiary/aromatic N) is 1. The summed E-state index contributed by atoms with van der Waals surface area (Å²) in [5.74, 6) is -1.14. The molecular weight excluding hydrogens is 250 g/mol. The molecule has 1 heterocycles. The number of hydrogen-bond acceptors (Lipinski definition) is 3. The van der Waals surface area contributed by atoms with Gasteiger partial charge in [0.15, 0.2) is 0 Å². The molecule has 19 heavy (non-hydrogen) atoms. The van der Waals surface area contributed by atoms with Crippen LogP contribution < -0.4 is 11.1 Å². The molecule has 0 radical (unpaired) electrons. The van der Waals surface area contributed by atoms with E-state index in [-0.39, 0.29) is 12.1 Å². The van der Waals surface area contributed by atoms with Gasteiger partial charge in [0.05, 0.1) is 11.1 Å². The molecule has 1 aromatic heterocycles. The van der Waals surface area contributed by atoms with Crippen LogP contribution in [0.1, 0.15) is 15.2 Å². The molecule has 0 atom stereocenters. The first-order chi connectivity index (χ1) is 9.00. The summed E-state index contributed by atoms with van der Waals surface area (Å²) in [6.07, 6.45) is 0.0266. The number of benzene rings is 1. The van der Waals surface area contributed by atoms with Crippen LogP contribution in [0.2, 0.25) is 0 Å². The molecule has 0 fully saturated rings. The fourth-order valence-electron chi connectivity index (χ4n) is 1.82. The van der Waals surface area contributed by atoms with Crippen molar-refractivity contribution in [1.29, 1.82) is 0 Å². The van der Waals surface area contributed by atoms with Gasteiger partial charge in [0.25, 0.3) is 11.8 Å². The van der Waals surface area contributed by atoms with E-state index in [0.29, 0.717) is 10.9 Å². The van der Waals surface area contributed by atoms with Crippen molar-refractivity contribution in [3.63, 3.8) is 0 Å². The first-order valence-corrected chi connectivity index (χ1v) is 5.40. The monoisotopic (exact) mass is 261 g/mol. The SMILES string of the molecule is NC(=O)c1cn(C(=O)CNC(=O)O)c2ccccc12. The lowest BCUT2D eigenvalue weighted by Crippen LogP contribution is -2.30. The summed E-state index contributed by atoms with van der Waals surface area (Å²) in [5, 5.41) is 11.0. The molecule has 98 valence electrons. The Morgan fingerprint density at radius 3 is 2.58 bits per heavy atom. The smallest absolute Gasteiger partial charge is 0.405 e. The van der Waals surface area contributed by atoms with E-state index in [1.807, 2.05) is 5.32 Å². The Kier molecular flexibility index (Phi) is 3.19. The number of aromatic nitrogens is 1. The lowest BCUT2D eigenvalue weighted by Gasteiger charge is -2.03. The highest BCUT2D eigenvalue weighted by molar-refractivity contribution is 6.09. The molecule has 7 nitrogen and oxygen atoms in total. The topological polar surface area (TPSA) is 114 Å². The molecule has 0 saturated heterocycles. The van der Waals surface area contributed by atoms with Crippen molar-refractivity contribution < 1.29 is 19.5 Å². The molecule has 0 saturated carbocycles. The van der Waals surface area contributed by atoms with E-state index < -0.39 is 17.9 Å². The molecule has 0 aliphatic heterocycles. The van der Waals surface area contributed by atoms with Gasteiger partial charge in [0.2, 0.25) is 0 Å². The molecule has 2 amide bonds. The van der Waals surface area contributed by atoms with E-state index in [4.69, 9.17) is 10.8 Å². The normalized spacial score (nSPS) is 10.3. The van der Waals surface area contributed by atoms with Gasteiger partial charge in [0.1, 0.15) is 6.54 Å². The van der Waals surface area contributed by atoms with Crippen LogP contribution in [0.25, 0.3) is 10.9 Å². The van der Waals surface area contributed by atoms with Gasteiger partial charge in [0, 0.05) is 11.6 Å². The van der Waals surface area contributed by atoms with Gasteiger partial charge in [-0.05, 0) is 6.07 Å². The Morgan fingerprint density at radius 1 is 1.26 bits per heavy atom. The summed E-state index contributed by atoms with van der Waals surface area (Å²) in [6.45, 7) is -0.383. The molecule has 4 N–H and O–H groups in total. The molecule has 0 spiro atoms. The van der Waals surface area contributed by atoms with Crippen LogP contribution in [0.3, 0.4) is 0 Å². The van der Waals surface area contributed by atoms with Crippen molar-refractivity contribution in [2.24, 2.45) is 5.73 Å². The van der Waals surface area contributed by atoms with E-state index in [0.717, 1.165) is 0 Å². The zero-order valence-electron chi connectivity index (χ0n) is 9.79. The minimum atomic E-state index is -1.29. The van der Waals surface area contributed by atoms with Gasteiger partial charge in [-0.25, -0.2) is 4.79 Å². The fraction of sp³-hybridized carbons (Fsp3) is 0.0833. The number of amides is 2. The van der Waals surface area contributed by atoms with Crippen molar-refractivity contribution >= 4 is 28.8 Å². The van der Waals surface area contributed by atoms with Crippen molar-refractivity contribution in [2.75, 3.05) is 6.54 Å². The van der Waals surface area contributed by atoms with E-state index >= 15 is 0 Å². The maximum absolute atomic E-state index is 11.9. The Balaban J connectivity index is 2.46. The summed E-state index contributed by atoms with van der Waals surface area (Å²) in [6, 6.07) is 6.75. The summed E-state index contributed by atoms with van der Waals surface area (Å²) >= 11 is 0. The van der Waals surface area contributed by atoms with Crippen LogP contribution in [-0.2, 0) is 0 Å². The van der Waals surface area contributed by atoms with E-state index in [1.165, 1.54) is 10.8 Å². The first kappa shape index (κ1) is 12.6. The number of carbonyl (C=O) groups is 3. The third kappa shape index (κ3) is 2.39. The standard InChI is InChI=1S/C12H11N3O4/c13-11(17)8-6-15(10(16)5-14-12(18)19)9-4-2-1-3-7(8)9/h1-4,6,14H,5H2,(H2,13,17)(H,18,19). The van der Waals surface area contributed by atoms with Gasteiger partial charge < -0.3 is 16.2 Å². The number of fused-ring (bicyclic) bond motifs is 1. The predicted octanol–water partition coefficient (Wildman–Crippen LogP) is 0.648. The molecule has 1 aromatic carbocycles. The quantitative estimate of drug-likeness (QED) is 0.752. The predicted molar refractivity (Wildman–Crippen MR) is 67.1 cm³/mol. The zero-order chi connectivity index (χ0) is 14.0. The van der Waals surface area contributed by atoms with Crippen LogP contribution in [0, 0.1) is 0 Å². The van der Waals surface area contributed by atoms with E-state index in [2.05, 4.69) is 0 Å². The molecule has 0 unspecified atom stereocenters. The van der Waals surface area contributed by atoms with Gasteiger partial charge >= 0.3 is 6.09 Å². The highest BCUT2D eigenvalue weighted by atomic mass is 16.4. The third-order valence-corrected chi connectivity index (χ3v) is 2.64. The van der Waals surface area contributed by atoms with Gasteiger partial charge in [-0.2, -0.15) is 0 Å². The van der Waals surface area contributed by atoms with Crippen LogP contribution in [-0.4, -0.2) is 34.1 Å². The maximum Gasteiger partial charge on any atom is 0.405 e. The molecule has 2 aromatic rings. The van der Waals surface area contributed by atoms with Crippen molar-refractivity contribution in [1.82, 2.24) is 9.88 Å². The Bertz CT molecular complexity index is 675. The van der Waals surface area contributed by atoms with Crippen molar-refractivity contribution in [3.05, 3.63) is 36.0 Å². The second-order valence-corrected chi connectivity index (χ2v) is 3.85. The first-order valence-electron chi connectivity index (χ1n) is 5.40. The van der Waals surface area contributed by atoms with Gasteiger partial charge in [-0.15, -0.1) is 0 Å². The zero-order valence-corrected chi connectivity index (χ0v) is 9.79. The van der Waals surface area contributed by atoms with Crippen molar-refractivity contribution in [2.45, 2.75) is 0 Å². The molecule has 0 aliphatic carbocycles. The van der Waals surface area contributed by atoms with Crippen molar-refractivity contribution in [3.8, 4) is 0 Å². The number of para-hydroxylation sites is 1. The minimum absolute atomic E-state index is 0.222. The summed E-state index contributed by atoms with van der Waals surface area (Å²) in [7, 11) is 0. The average Bonchev–Trinajstić information content (AvgIpc) is 2.75. The van der Waals surface area contributed by atoms with Crippen LogP contribution in [0.4, 0.5) is 4.79 Å². The Labute approximate surface area is 107 Å². The second kappa shape index (κ2) is 4.81. The molecule has 0 bridgehead atoms. The van der Waals surface area contributed by atoms with Crippen LogP contribution >= 0.6 is 0 Å². The van der Waals surface area contributed by atoms with Crippen LogP contribution in [0.15, 0.2) is 30.5 Å². The minimum Gasteiger partial charge on any atom is -0.465 e. The molecule has 2 rings (SSSR count). The number of carbonyl (C=O) groups excluding carboxylic acids is 2. The maximum atomic E-state index is 11.9. The molecular formula is C12H11N3O4. The van der Waals surface area contributed by atoms with E-state index in [9.17, 15) is 14.4 Å². The number of carboxylic acid groups (broad SMARTS) is 1. The number of nitrogens with two attached hydrogens (primary N) is 1. The summed E-state index contributed by atoms with van der Waals surface area (Å²) in [5.41, 5.74) is 5.97. The number of rotatable bonds is 3. The largest absolute Gasteiger partial charge is 0.465 e. The van der Waals surface area contributed by atoms with E-state index in [1.54, 1.807) is 24.3 Å². The molecule has 0 aliphatic rings. The lowest BCUT2D eigenvalue weighted by atomic mass is 10.2. The summed E-state index contributed by atoms with van der Waals surface area (Å²) in [4.78, 5) is 33.6. The second-order valence-electron chi connectivity index (χ2n) is 3.85. The third-order valence-electron chi connectivity index (χ3n) is 2.64. The van der Waals surface area contributed by atoms with Crippen LogP contribution in [0.5, 0.6) is 0 Å². The number of nitrogens with one attached hydrogen (secondary N) is 1. The van der Waals surface area contributed by atoms with Gasteiger partial charge in [-0.1, -0.05) is 18.2 Å². The highest BCUT2D eigenvalue weighted by Crippen LogP contribution is 2.20. The molecule has 7 heteroatoms.